The standard InChI is InChI=1S/C20H16N2OS/c23-20-18(24-16-10-5-2-6-11-16)17-12-7-13-21-19(17)22(20)14-15-8-3-1-4-9-15/h1-13,18H,14H2. The van der Waals surface area contributed by atoms with Crippen LogP contribution in [0.5, 0.6) is 0 Å². The number of benzene rings is 2. The Morgan fingerprint density at radius 3 is 2.38 bits per heavy atom. The van der Waals surface area contributed by atoms with Gasteiger partial charge in [0.25, 0.3) is 0 Å². The molecule has 2 aromatic carbocycles. The maximum Gasteiger partial charge on any atom is 0.246 e. The number of carbonyl (C=O) groups is 1. The Labute approximate surface area is 145 Å². The topological polar surface area (TPSA) is 33.2 Å². The van der Waals surface area contributed by atoms with E-state index in [9.17, 15) is 4.79 Å². The highest BCUT2D eigenvalue weighted by atomic mass is 32.2. The number of carbonyl (C=O) groups excluding carboxylic acids is 1. The Bertz CT molecular complexity index is 781. The van der Waals surface area contributed by atoms with Crippen molar-refractivity contribution < 1.29 is 4.79 Å². The van der Waals surface area contributed by atoms with E-state index >= 15 is 0 Å². The average molecular weight is 332 g/mol. The van der Waals surface area contributed by atoms with E-state index < -0.39 is 0 Å². The molecule has 0 radical (unpaired) electrons. The van der Waals surface area contributed by atoms with Gasteiger partial charge in [-0.15, -0.1) is 11.8 Å². The lowest BCUT2D eigenvalue weighted by Gasteiger charge is -2.17. The van der Waals surface area contributed by atoms with Crippen LogP contribution in [0.25, 0.3) is 0 Å². The zero-order valence-corrected chi connectivity index (χ0v) is 13.8. The maximum atomic E-state index is 13.0. The van der Waals surface area contributed by atoms with Gasteiger partial charge in [-0.1, -0.05) is 54.6 Å². The number of hydrogen-bond acceptors (Lipinski definition) is 3. The lowest BCUT2D eigenvalue weighted by Crippen LogP contribution is -2.27. The first-order valence-corrected chi connectivity index (χ1v) is 8.73. The minimum Gasteiger partial charge on any atom is -0.291 e. The molecule has 4 heteroatoms. The first kappa shape index (κ1) is 15.0. The van der Waals surface area contributed by atoms with E-state index in [0.717, 1.165) is 21.8 Å². The van der Waals surface area contributed by atoms with Crippen LogP contribution in [0.15, 0.2) is 83.9 Å². The van der Waals surface area contributed by atoms with Gasteiger partial charge in [-0.05, 0) is 23.8 Å². The zero-order chi connectivity index (χ0) is 16.4. The normalized spacial score (nSPS) is 16.2. The van der Waals surface area contributed by atoms with Crippen LogP contribution in [0, 0.1) is 0 Å². The molecule has 0 saturated carbocycles. The van der Waals surface area contributed by atoms with E-state index in [4.69, 9.17) is 0 Å². The number of fused-ring (bicyclic) bond motifs is 1. The van der Waals surface area contributed by atoms with Gasteiger partial charge in [0.1, 0.15) is 11.1 Å². The second-order valence-electron chi connectivity index (χ2n) is 5.64. The van der Waals surface area contributed by atoms with Crippen molar-refractivity contribution in [2.75, 3.05) is 4.90 Å². The van der Waals surface area contributed by atoms with E-state index in [1.165, 1.54) is 0 Å². The molecule has 0 fully saturated rings. The third kappa shape index (κ3) is 2.81. The SMILES string of the molecule is O=C1C(Sc2ccccc2)c2cccnc2N1Cc1ccccc1. The fraction of sp³-hybridized carbons (Fsp3) is 0.100. The van der Waals surface area contributed by atoms with Gasteiger partial charge in [0.05, 0.1) is 6.54 Å². The number of nitrogens with zero attached hydrogens (tertiary/aromatic N) is 2. The summed E-state index contributed by atoms with van der Waals surface area (Å²) in [5.74, 6) is 0.876. The van der Waals surface area contributed by atoms with Crippen molar-refractivity contribution in [3.05, 3.63) is 90.1 Å². The number of pyridine rings is 1. The van der Waals surface area contributed by atoms with Crippen molar-refractivity contribution in [1.29, 1.82) is 0 Å². The molecule has 3 nitrogen and oxygen atoms in total. The third-order valence-corrected chi connectivity index (χ3v) is 5.26. The Morgan fingerprint density at radius 1 is 0.917 bits per heavy atom. The molecule has 0 bridgehead atoms. The first-order valence-electron chi connectivity index (χ1n) is 7.85. The molecule has 1 aliphatic heterocycles. The van der Waals surface area contributed by atoms with Crippen molar-refractivity contribution in [2.24, 2.45) is 0 Å². The minimum absolute atomic E-state index is 0.0985. The van der Waals surface area contributed by atoms with Gasteiger partial charge in [0.15, 0.2) is 0 Å². The maximum absolute atomic E-state index is 13.0. The fourth-order valence-electron chi connectivity index (χ4n) is 2.89. The zero-order valence-electron chi connectivity index (χ0n) is 13.0. The van der Waals surface area contributed by atoms with Crippen LogP contribution in [-0.4, -0.2) is 10.9 Å². The summed E-state index contributed by atoms with van der Waals surface area (Å²) in [6.07, 6.45) is 1.75. The summed E-state index contributed by atoms with van der Waals surface area (Å²) in [6, 6.07) is 24.0. The molecule has 1 atom stereocenters. The molecular formula is C20H16N2OS. The lowest BCUT2D eigenvalue weighted by molar-refractivity contribution is -0.117. The highest BCUT2D eigenvalue weighted by Crippen LogP contribution is 2.45. The van der Waals surface area contributed by atoms with Crippen molar-refractivity contribution in [3.63, 3.8) is 0 Å². The molecule has 2 heterocycles. The predicted octanol–water partition coefficient (Wildman–Crippen LogP) is 4.46. The van der Waals surface area contributed by atoms with Crippen LogP contribution in [0.4, 0.5) is 5.82 Å². The fourth-order valence-corrected chi connectivity index (χ4v) is 4.01. The Hall–Kier alpha value is -2.59. The van der Waals surface area contributed by atoms with Crippen molar-refractivity contribution in [2.45, 2.75) is 16.7 Å². The molecule has 3 aromatic rings. The van der Waals surface area contributed by atoms with Crippen molar-refractivity contribution in [3.8, 4) is 0 Å². The van der Waals surface area contributed by atoms with E-state index in [1.54, 1.807) is 22.9 Å². The Balaban J connectivity index is 1.66. The molecule has 1 unspecified atom stereocenters. The predicted molar refractivity (Wildman–Crippen MR) is 96.9 cm³/mol. The van der Waals surface area contributed by atoms with Crippen LogP contribution >= 0.6 is 11.8 Å². The third-order valence-electron chi connectivity index (χ3n) is 4.03. The lowest BCUT2D eigenvalue weighted by atomic mass is 10.2. The van der Waals surface area contributed by atoms with Gasteiger partial charge in [0, 0.05) is 16.7 Å². The molecule has 1 aliphatic rings. The van der Waals surface area contributed by atoms with Crippen molar-refractivity contribution >= 4 is 23.5 Å². The first-order chi connectivity index (χ1) is 11.8. The molecular weight excluding hydrogens is 316 g/mol. The number of amides is 1. The van der Waals surface area contributed by atoms with Gasteiger partial charge >= 0.3 is 0 Å². The van der Waals surface area contributed by atoms with Gasteiger partial charge in [-0.25, -0.2) is 4.98 Å². The highest BCUT2D eigenvalue weighted by molar-refractivity contribution is 8.00. The molecule has 0 N–H and O–H groups in total. The Morgan fingerprint density at radius 2 is 1.62 bits per heavy atom. The smallest absolute Gasteiger partial charge is 0.246 e. The second-order valence-corrected chi connectivity index (χ2v) is 6.82. The van der Waals surface area contributed by atoms with Crippen LogP contribution in [0.3, 0.4) is 0 Å². The van der Waals surface area contributed by atoms with Crippen LogP contribution < -0.4 is 4.90 Å². The van der Waals surface area contributed by atoms with Gasteiger partial charge < -0.3 is 0 Å². The van der Waals surface area contributed by atoms with E-state index in [-0.39, 0.29) is 11.2 Å². The largest absolute Gasteiger partial charge is 0.291 e. The van der Waals surface area contributed by atoms with Crippen molar-refractivity contribution in [1.82, 2.24) is 4.98 Å². The number of aromatic nitrogens is 1. The van der Waals surface area contributed by atoms with E-state index in [2.05, 4.69) is 4.98 Å². The summed E-state index contributed by atoms with van der Waals surface area (Å²) >= 11 is 1.59. The summed E-state index contributed by atoms with van der Waals surface area (Å²) in [5.41, 5.74) is 2.10. The average Bonchev–Trinajstić information content (AvgIpc) is 2.90. The molecule has 0 aliphatic carbocycles. The Kier molecular flexibility index (Phi) is 4.05. The molecule has 24 heavy (non-hydrogen) atoms. The van der Waals surface area contributed by atoms with Gasteiger partial charge in [-0.2, -0.15) is 0 Å². The summed E-state index contributed by atoms with van der Waals surface area (Å²) in [6.45, 7) is 0.551. The minimum atomic E-state index is -0.236. The van der Waals surface area contributed by atoms with Crippen LogP contribution in [0.2, 0.25) is 0 Å². The molecule has 1 aromatic heterocycles. The number of rotatable bonds is 4. The number of anilines is 1. The molecule has 4 rings (SSSR count). The van der Waals surface area contributed by atoms with E-state index in [1.807, 2.05) is 72.8 Å². The number of hydrogen-bond donors (Lipinski definition) is 0. The summed E-state index contributed by atoms with van der Waals surface area (Å²) < 4.78 is 0. The second kappa shape index (κ2) is 6.49. The molecule has 1 amide bonds. The summed E-state index contributed by atoms with van der Waals surface area (Å²) in [5, 5.41) is -0.236. The molecule has 118 valence electrons. The van der Waals surface area contributed by atoms with Gasteiger partial charge in [0.2, 0.25) is 5.91 Å². The summed E-state index contributed by atoms with van der Waals surface area (Å²) in [4.78, 5) is 20.4. The number of thioether (sulfide) groups is 1. The quantitative estimate of drug-likeness (QED) is 0.707. The van der Waals surface area contributed by atoms with Crippen LogP contribution in [0.1, 0.15) is 16.4 Å². The monoisotopic (exact) mass is 332 g/mol. The van der Waals surface area contributed by atoms with E-state index in [0.29, 0.717) is 6.54 Å². The van der Waals surface area contributed by atoms with Gasteiger partial charge in [-0.3, -0.25) is 9.69 Å². The summed E-state index contributed by atoms with van der Waals surface area (Å²) in [7, 11) is 0. The highest BCUT2D eigenvalue weighted by Gasteiger charge is 2.38. The molecule has 0 spiro atoms. The molecule has 0 saturated heterocycles. The van der Waals surface area contributed by atoms with Crippen LogP contribution in [-0.2, 0) is 11.3 Å².